The maximum Gasteiger partial charge on any atom is 0.133 e. The summed E-state index contributed by atoms with van der Waals surface area (Å²) in [7, 11) is 0. The summed E-state index contributed by atoms with van der Waals surface area (Å²) in [6.07, 6.45) is 3.34. The van der Waals surface area contributed by atoms with Gasteiger partial charge >= 0.3 is 0 Å². The van der Waals surface area contributed by atoms with Gasteiger partial charge in [0, 0.05) is 17.7 Å². The number of halogens is 2. The molecule has 2 aromatic carbocycles. The number of anilines is 1. The molecule has 1 aliphatic rings. The zero-order valence-electron chi connectivity index (χ0n) is 14.0. The van der Waals surface area contributed by atoms with Crippen LogP contribution >= 0.6 is 23.2 Å². The molecule has 3 aromatic rings. The first-order chi connectivity index (χ1) is 12.1. The van der Waals surface area contributed by atoms with Crippen molar-refractivity contribution in [2.75, 3.05) is 11.9 Å². The van der Waals surface area contributed by atoms with E-state index in [1.807, 2.05) is 22.9 Å². The number of aromatic nitrogens is 2. The van der Waals surface area contributed by atoms with E-state index in [0.717, 1.165) is 48.6 Å². The zero-order chi connectivity index (χ0) is 17.4. The molecule has 2 heterocycles. The maximum atomic E-state index is 6.23. The van der Waals surface area contributed by atoms with Gasteiger partial charge in [-0.05, 0) is 44.4 Å². The Hall–Kier alpha value is -1.97. The molecular formula is C20H19Cl2N3. The Bertz CT molecular complexity index is 913. The smallest absolute Gasteiger partial charge is 0.133 e. The average Bonchev–Trinajstić information content (AvgIpc) is 2.80. The summed E-state index contributed by atoms with van der Waals surface area (Å²) in [5.74, 6) is 1.06. The Labute approximate surface area is 157 Å². The van der Waals surface area contributed by atoms with E-state index in [9.17, 15) is 0 Å². The zero-order valence-corrected chi connectivity index (χ0v) is 15.5. The quantitative estimate of drug-likeness (QED) is 0.607. The van der Waals surface area contributed by atoms with E-state index in [0.29, 0.717) is 10.0 Å². The van der Waals surface area contributed by atoms with Crippen molar-refractivity contribution in [3.63, 3.8) is 0 Å². The first kappa shape index (κ1) is 16.5. The van der Waals surface area contributed by atoms with Gasteiger partial charge in [0.25, 0.3) is 0 Å². The molecule has 0 unspecified atom stereocenters. The highest BCUT2D eigenvalue weighted by Gasteiger charge is 2.21. The lowest BCUT2D eigenvalue weighted by Gasteiger charge is -2.10. The van der Waals surface area contributed by atoms with Crippen LogP contribution in [0.2, 0.25) is 10.0 Å². The summed E-state index contributed by atoms with van der Waals surface area (Å²) in [5.41, 5.74) is 5.61. The minimum absolute atomic E-state index is 0.536. The van der Waals surface area contributed by atoms with Crippen LogP contribution in [0, 0.1) is 6.92 Å². The predicted molar refractivity (Wildman–Crippen MR) is 105 cm³/mol. The third-order valence-corrected chi connectivity index (χ3v) is 5.34. The number of aryl methyl sites for hydroxylation is 1. The predicted octanol–water partition coefficient (Wildman–Crippen LogP) is 5.90. The lowest BCUT2D eigenvalue weighted by Crippen LogP contribution is -2.07. The summed E-state index contributed by atoms with van der Waals surface area (Å²) in [6.45, 7) is 3.05. The summed E-state index contributed by atoms with van der Waals surface area (Å²) in [6, 6.07) is 14.2. The van der Waals surface area contributed by atoms with Gasteiger partial charge in [-0.25, -0.2) is 4.68 Å². The van der Waals surface area contributed by atoms with Crippen molar-refractivity contribution < 1.29 is 0 Å². The van der Waals surface area contributed by atoms with Crippen molar-refractivity contribution in [1.82, 2.24) is 9.78 Å². The van der Waals surface area contributed by atoms with E-state index < -0.39 is 0 Å². The second-order valence-corrected chi connectivity index (χ2v) is 7.25. The van der Waals surface area contributed by atoms with Gasteiger partial charge < -0.3 is 5.32 Å². The maximum absolute atomic E-state index is 6.23. The molecule has 4 rings (SSSR count). The standard InChI is InChI=1S/C20H19Cl2N3/c1-13-5-7-14(8-6-13)19-16-4-2-3-11-23-20(16)25(24-19)15-9-10-17(21)18(22)12-15/h5-10,12,23H,2-4,11H2,1H3. The molecule has 0 aliphatic carbocycles. The van der Waals surface area contributed by atoms with Crippen LogP contribution in [0.4, 0.5) is 5.82 Å². The third-order valence-electron chi connectivity index (χ3n) is 4.60. The molecule has 0 saturated carbocycles. The van der Waals surface area contributed by atoms with Crippen LogP contribution in [0.15, 0.2) is 42.5 Å². The lowest BCUT2D eigenvalue weighted by atomic mass is 10.0. The highest BCUT2D eigenvalue weighted by Crippen LogP contribution is 2.35. The largest absolute Gasteiger partial charge is 0.370 e. The second kappa shape index (κ2) is 6.74. The van der Waals surface area contributed by atoms with E-state index >= 15 is 0 Å². The van der Waals surface area contributed by atoms with E-state index in [1.165, 1.54) is 11.1 Å². The molecule has 25 heavy (non-hydrogen) atoms. The van der Waals surface area contributed by atoms with Crippen LogP contribution < -0.4 is 5.32 Å². The average molecular weight is 372 g/mol. The topological polar surface area (TPSA) is 29.9 Å². The summed E-state index contributed by atoms with van der Waals surface area (Å²) < 4.78 is 1.96. The molecule has 0 saturated heterocycles. The molecule has 3 nitrogen and oxygen atoms in total. The minimum Gasteiger partial charge on any atom is -0.370 e. The lowest BCUT2D eigenvalue weighted by molar-refractivity contribution is 0.780. The first-order valence-electron chi connectivity index (χ1n) is 8.52. The van der Waals surface area contributed by atoms with Gasteiger partial charge in [-0.15, -0.1) is 0 Å². The van der Waals surface area contributed by atoms with Gasteiger partial charge in [-0.3, -0.25) is 0 Å². The SMILES string of the molecule is Cc1ccc(-c2nn(-c3ccc(Cl)c(Cl)c3)c3c2CCCCN3)cc1. The van der Waals surface area contributed by atoms with Crippen molar-refractivity contribution in [1.29, 1.82) is 0 Å². The first-order valence-corrected chi connectivity index (χ1v) is 9.27. The van der Waals surface area contributed by atoms with Crippen LogP contribution in [0.3, 0.4) is 0 Å². The Morgan fingerprint density at radius 3 is 2.56 bits per heavy atom. The third kappa shape index (κ3) is 3.14. The van der Waals surface area contributed by atoms with Gasteiger partial charge in [0.15, 0.2) is 0 Å². The Balaban J connectivity index is 1.89. The molecule has 1 aromatic heterocycles. The van der Waals surface area contributed by atoms with Gasteiger partial charge in [0.2, 0.25) is 0 Å². The van der Waals surface area contributed by atoms with Gasteiger partial charge in [0.1, 0.15) is 5.82 Å². The van der Waals surface area contributed by atoms with Crippen molar-refractivity contribution in [3.8, 4) is 16.9 Å². The Morgan fingerprint density at radius 2 is 1.80 bits per heavy atom. The molecular weight excluding hydrogens is 353 g/mol. The molecule has 0 radical (unpaired) electrons. The molecule has 5 heteroatoms. The van der Waals surface area contributed by atoms with Crippen LogP contribution in [0.25, 0.3) is 16.9 Å². The van der Waals surface area contributed by atoms with E-state index in [2.05, 4.69) is 36.5 Å². The van der Waals surface area contributed by atoms with Crippen LogP contribution in [-0.2, 0) is 6.42 Å². The fourth-order valence-corrected chi connectivity index (χ4v) is 3.54. The Morgan fingerprint density at radius 1 is 1.00 bits per heavy atom. The van der Waals surface area contributed by atoms with Crippen molar-refractivity contribution in [3.05, 3.63) is 63.6 Å². The van der Waals surface area contributed by atoms with E-state index in [4.69, 9.17) is 28.3 Å². The van der Waals surface area contributed by atoms with Crippen LogP contribution in [0.5, 0.6) is 0 Å². The fraction of sp³-hybridized carbons (Fsp3) is 0.250. The van der Waals surface area contributed by atoms with Crippen molar-refractivity contribution >= 4 is 29.0 Å². The van der Waals surface area contributed by atoms with Crippen LogP contribution in [0.1, 0.15) is 24.0 Å². The monoisotopic (exact) mass is 371 g/mol. The Kier molecular flexibility index (Phi) is 4.45. The minimum atomic E-state index is 0.536. The van der Waals surface area contributed by atoms with Crippen LogP contribution in [-0.4, -0.2) is 16.3 Å². The molecule has 1 aliphatic heterocycles. The highest BCUT2D eigenvalue weighted by molar-refractivity contribution is 6.42. The number of hydrogen-bond donors (Lipinski definition) is 1. The number of hydrogen-bond acceptors (Lipinski definition) is 2. The molecule has 128 valence electrons. The molecule has 0 atom stereocenters. The van der Waals surface area contributed by atoms with Crippen molar-refractivity contribution in [2.24, 2.45) is 0 Å². The van der Waals surface area contributed by atoms with Gasteiger partial charge in [-0.1, -0.05) is 53.0 Å². The van der Waals surface area contributed by atoms with Gasteiger partial charge in [0.05, 0.1) is 21.4 Å². The van der Waals surface area contributed by atoms with E-state index in [1.54, 1.807) is 0 Å². The molecule has 0 spiro atoms. The molecule has 0 fully saturated rings. The van der Waals surface area contributed by atoms with E-state index in [-0.39, 0.29) is 0 Å². The summed E-state index contributed by atoms with van der Waals surface area (Å²) in [5, 5.41) is 9.57. The molecule has 1 N–H and O–H groups in total. The molecule has 0 bridgehead atoms. The van der Waals surface area contributed by atoms with Crippen molar-refractivity contribution in [2.45, 2.75) is 26.2 Å². The number of benzene rings is 2. The number of fused-ring (bicyclic) bond motifs is 1. The normalized spacial score (nSPS) is 13.9. The number of rotatable bonds is 2. The number of nitrogens with zero attached hydrogens (tertiary/aromatic N) is 2. The molecule has 0 amide bonds. The number of nitrogens with one attached hydrogen (secondary N) is 1. The summed E-state index contributed by atoms with van der Waals surface area (Å²) in [4.78, 5) is 0. The highest BCUT2D eigenvalue weighted by atomic mass is 35.5. The fourth-order valence-electron chi connectivity index (χ4n) is 3.25. The van der Waals surface area contributed by atoms with Gasteiger partial charge in [-0.2, -0.15) is 5.10 Å². The second-order valence-electron chi connectivity index (χ2n) is 6.44. The summed E-state index contributed by atoms with van der Waals surface area (Å²) >= 11 is 12.3.